The van der Waals surface area contributed by atoms with E-state index in [0.717, 1.165) is 0 Å². The van der Waals surface area contributed by atoms with Crippen molar-refractivity contribution in [3.8, 4) is 0 Å². The molecule has 0 atom stereocenters. The van der Waals surface area contributed by atoms with Crippen molar-refractivity contribution in [2.75, 3.05) is 6.66 Å². The molecular formula is C9H19BrClP. The monoisotopic (exact) mass is 272 g/mol. The first-order valence-corrected chi connectivity index (χ1v) is 9.99. The molecule has 1 aliphatic heterocycles. The summed E-state index contributed by atoms with van der Waals surface area (Å²) in [6, 6.07) is 0. The Morgan fingerprint density at radius 3 is 1.50 bits per heavy atom. The molecule has 0 aromatic heterocycles. The van der Waals surface area contributed by atoms with Crippen molar-refractivity contribution in [3.63, 3.8) is 0 Å². The number of hydrogen-bond acceptors (Lipinski definition) is 0. The molecule has 0 spiro atoms. The summed E-state index contributed by atoms with van der Waals surface area (Å²) in [4.78, 5) is 0. The summed E-state index contributed by atoms with van der Waals surface area (Å²) in [5.41, 5.74) is 0. The second-order valence-electron chi connectivity index (χ2n) is 5.33. The summed E-state index contributed by atoms with van der Waals surface area (Å²) in [5.74, 6) is 0.685. The molecule has 1 saturated heterocycles. The van der Waals surface area contributed by atoms with Gasteiger partial charge < -0.3 is 0 Å². The first kappa shape index (κ1) is 11.3. The van der Waals surface area contributed by atoms with Gasteiger partial charge in [0, 0.05) is 0 Å². The van der Waals surface area contributed by atoms with Crippen molar-refractivity contribution < 1.29 is 0 Å². The van der Waals surface area contributed by atoms with Crippen LogP contribution < -0.4 is 0 Å². The molecule has 3 heteroatoms. The van der Waals surface area contributed by atoms with E-state index in [-0.39, 0.29) is 10.3 Å². The first-order valence-electron chi connectivity index (χ1n) is 4.39. The molecule has 1 heterocycles. The van der Waals surface area contributed by atoms with Gasteiger partial charge in [-0.2, -0.15) is 0 Å². The Bertz CT molecular complexity index is 204. The van der Waals surface area contributed by atoms with Crippen LogP contribution in [-0.4, -0.2) is 17.0 Å². The fraction of sp³-hybridized carbons (Fsp3) is 1.00. The summed E-state index contributed by atoms with van der Waals surface area (Å²) < 4.78 is -2.15. The normalized spacial score (nSPS) is 43.7. The number of rotatable bonds is 0. The third-order valence-electron chi connectivity index (χ3n) is 4.72. The Balaban J connectivity index is 3.21. The molecule has 0 unspecified atom stereocenters. The Kier molecular flexibility index (Phi) is 2.09. The SMILES string of the molecule is CC1C(C)(C)P(C)(Cl)(Br)C1(C)C. The fourth-order valence-electron chi connectivity index (χ4n) is 2.41. The van der Waals surface area contributed by atoms with Crippen molar-refractivity contribution in [3.05, 3.63) is 0 Å². The summed E-state index contributed by atoms with van der Waals surface area (Å²) in [6.45, 7) is 13.7. The van der Waals surface area contributed by atoms with Gasteiger partial charge in [0.15, 0.2) is 0 Å². The van der Waals surface area contributed by atoms with E-state index in [0.29, 0.717) is 5.92 Å². The van der Waals surface area contributed by atoms with Gasteiger partial charge in [0.2, 0.25) is 0 Å². The quantitative estimate of drug-likeness (QED) is 0.554. The van der Waals surface area contributed by atoms with E-state index in [1.165, 1.54) is 0 Å². The predicted octanol–water partition coefficient (Wildman–Crippen LogP) is 4.84. The minimum absolute atomic E-state index is 0.261. The average Bonchev–Trinajstić information content (AvgIpc) is 1.83. The summed E-state index contributed by atoms with van der Waals surface area (Å²) >= 11 is 10.6. The average molecular weight is 274 g/mol. The van der Waals surface area contributed by atoms with Crippen LogP contribution in [0.15, 0.2) is 0 Å². The van der Waals surface area contributed by atoms with E-state index < -0.39 is 4.66 Å². The second-order valence-corrected chi connectivity index (χ2v) is 19.3. The zero-order chi connectivity index (χ0) is 10.0. The van der Waals surface area contributed by atoms with Crippen molar-refractivity contribution in [2.24, 2.45) is 5.92 Å². The second kappa shape index (κ2) is 2.23. The Morgan fingerprint density at radius 1 is 1.17 bits per heavy atom. The Morgan fingerprint density at radius 2 is 1.42 bits per heavy atom. The summed E-state index contributed by atoms with van der Waals surface area (Å²) in [6.07, 6.45) is 0. The van der Waals surface area contributed by atoms with Crippen LogP contribution in [-0.2, 0) is 0 Å². The maximum atomic E-state index is 6.79. The fourth-order valence-corrected chi connectivity index (χ4v) is 8.81. The summed E-state index contributed by atoms with van der Waals surface area (Å²) in [7, 11) is 0. The van der Waals surface area contributed by atoms with Gasteiger partial charge in [-0.25, -0.2) is 0 Å². The molecule has 74 valence electrons. The molecule has 1 rings (SSSR count). The maximum absolute atomic E-state index is 6.79. The number of halogens is 2. The van der Waals surface area contributed by atoms with Crippen molar-refractivity contribution in [2.45, 2.75) is 44.9 Å². The predicted molar refractivity (Wildman–Crippen MR) is 64.9 cm³/mol. The molecule has 0 aliphatic carbocycles. The van der Waals surface area contributed by atoms with Crippen molar-refractivity contribution >= 4 is 31.4 Å². The molecule has 1 fully saturated rings. The van der Waals surface area contributed by atoms with Crippen LogP contribution >= 0.6 is 31.4 Å². The minimum atomic E-state index is -2.15. The third-order valence-corrected chi connectivity index (χ3v) is 18.8. The van der Waals surface area contributed by atoms with Crippen molar-refractivity contribution in [1.29, 1.82) is 0 Å². The van der Waals surface area contributed by atoms with Gasteiger partial charge in [0.25, 0.3) is 0 Å². The molecular weight excluding hydrogens is 254 g/mol. The van der Waals surface area contributed by atoms with E-state index in [1.807, 2.05) is 0 Å². The molecule has 0 N–H and O–H groups in total. The topological polar surface area (TPSA) is 0 Å². The van der Waals surface area contributed by atoms with Gasteiger partial charge in [-0.3, -0.25) is 0 Å². The van der Waals surface area contributed by atoms with E-state index in [1.54, 1.807) is 0 Å². The van der Waals surface area contributed by atoms with Crippen molar-refractivity contribution in [1.82, 2.24) is 0 Å². The molecule has 0 amide bonds. The van der Waals surface area contributed by atoms with Crippen LogP contribution in [0.5, 0.6) is 0 Å². The molecule has 0 bridgehead atoms. The van der Waals surface area contributed by atoms with Crippen LogP contribution in [0.3, 0.4) is 0 Å². The van der Waals surface area contributed by atoms with Crippen LogP contribution in [0.1, 0.15) is 34.6 Å². The van der Waals surface area contributed by atoms with E-state index >= 15 is 0 Å². The molecule has 1 aliphatic rings. The van der Waals surface area contributed by atoms with Crippen LogP contribution in [0.2, 0.25) is 0 Å². The molecule has 0 saturated carbocycles. The van der Waals surface area contributed by atoms with Crippen LogP contribution in [0.4, 0.5) is 0 Å². The zero-order valence-electron chi connectivity index (χ0n) is 8.78. The van der Waals surface area contributed by atoms with E-state index in [9.17, 15) is 0 Å². The zero-order valence-corrected chi connectivity index (χ0v) is 12.0. The molecule has 0 aromatic carbocycles. The first-order chi connectivity index (χ1) is 4.94. The van der Waals surface area contributed by atoms with Gasteiger partial charge in [-0.05, 0) is 0 Å². The Labute approximate surface area is 88.9 Å². The summed E-state index contributed by atoms with van der Waals surface area (Å²) in [5, 5.41) is 0.521. The number of hydrogen-bond donors (Lipinski definition) is 0. The molecule has 0 aromatic rings. The van der Waals surface area contributed by atoms with Gasteiger partial charge in [0.1, 0.15) is 0 Å². The van der Waals surface area contributed by atoms with E-state index in [2.05, 4.69) is 56.8 Å². The Hall–Kier alpha value is 1.20. The van der Waals surface area contributed by atoms with Gasteiger partial charge in [0.05, 0.1) is 0 Å². The van der Waals surface area contributed by atoms with Gasteiger partial charge in [-0.15, -0.1) is 0 Å². The standard InChI is InChI=1S/C9H19BrClP/c1-7-8(2,3)12(6,10,11)9(7,4)5/h7H,1-6H3. The van der Waals surface area contributed by atoms with Gasteiger partial charge in [-0.1, -0.05) is 0 Å². The molecule has 0 nitrogen and oxygen atoms in total. The third kappa shape index (κ3) is 0.842. The molecule has 0 radical (unpaired) electrons. The van der Waals surface area contributed by atoms with E-state index in [4.69, 9.17) is 11.2 Å². The van der Waals surface area contributed by atoms with Crippen LogP contribution in [0.25, 0.3) is 0 Å². The molecule has 12 heavy (non-hydrogen) atoms. The van der Waals surface area contributed by atoms with Crippen LogP contribution in [0, 0.1) is 5.92 Å². The van der Waals surface area contributed by atoms with Gasteiger partial charge >= 0.3 is 88.9 Å².